The van der Waals surface area contributed by atoms with Crippen molar-refractivity contribution in [2.45, 2.75) is 45.1 Å². The van der Waals surface area contributed by atoms with Gasteiger partial charge in [0.25, 0.3) is 0 Å². The van der Waals surface area contributed by atoms with E-state index in [0.717, 1.165) is 0 Å². The first kappa shape index (κ1) is 17.8. The van der Waals surface area contributed by atoms with Crippen molar-refractivity contribution < 1.29 is 18.7 Å². The lowest BCUT2D eigenvalue weighted by Gasteiger charge is -2.28. The van der Waals surface area contributed by atoms with E-state index in [-0.39, 0.29) is 17.0 Å². The summed E-state index contributed by atoms with van der Waals surface area (Å²) in [6.07, 6.45) is 0.358. The van der Waals surface area contributed by atoms with Gasteiger partial charge in [-0.1, -0.05) is 25.4 Å². The molecule has 0 bridgehead atoms. The Labute approximate surface area is 148 Å². The highest BCUT2D eigenvalue weighted by Gasteiger charge is 2.54. The third-order valence-corrected chi connectivity index (χ3v) is 5.02. The molecular formula is C15H19ClFN5O3. The number of imidazole rings is 1. The highest BCUT2D eigenvalue weighted by molar-refractivity contribution is 6.33. The molecule has 1 saturated heterocycles. The average molecular weight is 372 g/mol. The number of aromatic nitrogens is 4. The largest absolute Gasteiger partial charge is 0.457 e. The lowest BCUT2D eigenvalue weighted by atomic mass is 9.86. The van der Waals surface area contributed by atoms with Crippen LogP contribution in [-0.2, 0) is 14.3 Å². The Bertz CT molecular complexity index is 810. The van der Waals surface area contributed by atoms with Gasteiger partial charge in [-0.15, -0.1) is 0 Å². The minimum absolute atomic E-state index is 0.0263. The van der Waals surface area contributed by atoms with E-state index in [4.69, 9.17) is 26.8 Å². The number of carbonyl (C=O) groups is 1. The van der Waals surface area contributed by atoms with Gasteiger partial charge in [-0.2, -0.15) is 9.97 Å². The van der Waals surface area contributed by atoms with Crippen molar-refractivity contribution in [3.8, 4) is 0 Å². The molecule has 2 aromatic rings. The number of nitrogens with zero attached hydrogens (tertiary/aromatic N) is 4. The van der Waals surface area contributed by atoms with Crippen molar-refractivity contribution >= 4 is 34.7 Å². The predicted octanol–water partition coefficient (Wildman–Crippen LogP) is 2.28. The molecule has 0 saturated carbocycles. The molecule has 3 rings (SSSR count). The summed E-state index contributed by atoms with van der Waals surface area (Å²) in [5.41, 5.74) is 5.27. The second kappa shape index (κ2) is 6.38. The Morgan fingerprint density at radius 1 is 1.56 bits per heavy atom. The van der Waals surface area contributed by atoms with Crippen molar-refractivity contribution in [2.75, 3.05) is 12.4 Å². The highest BCUT2D eigenvalue weighted by Crippen LogP contribution is 2.46. The van der Waals surface area contributed by atoms with Crippen molar-refractivity contribution in [3.05, 3.63) is 11.5 Å². The van der Waals surface area contributed by atoms with E-state index in [1.807, 2.05) is 6.92 Å². The van der Waals surface area contributed by atoms with Crippen LogP contribution in [0.2, 0.25) is 5.15 Å². The van der Waals surface area contributed by atoms with Gasteiger partial charge in [-0.05, 0) is 6.42 Å². The van der Waals surface area contributed by atoms with Crippen LogP contribution in [-0.4, -0.2) is 43.9 Å². The predicted molar refractivity (Wildman–Crippen MR) is 88.6 cm³/mol. The molecule has 136 valence electrons. The van der Waals surface area contributed by atoms with Crippen LogP contribution in [0.15, 0.2) is 6.33 Å². The number of nitrogen functional groups attached to an aromatic ring is 1. The zero-order valence-corrected chi connectivity index (χ0v) is 14.8. The molecule has 1 aliphatic rings. The summed E-state index contributed by atoms with van der Waals surface area (Å²) in [5, 5.41) is 0.101. The molecule has 0 unspecified atom stereocenters. The van der Waals surface area contributed by atoms with E-state index in [1.165, 1.54) is 13.3 Å². The zero-order chi connectivity index (χ0) is 18.4. The summed E-state index contributed by atoms with van der Waals surface area (Å²) in [6, 6.07) is 0. The Morgan fingerprint density at radius 3 is 2.88 bits per heavy atom. The number of alkyl halides is 1. The third-order valence-electron chi connectivity index (χ3n) is 4.76. The smallest absolute Gasteiger partial charge is 0.303 e. The number of esters is 1. The van der Waals surface area contributed by atoms with Crippen LogP contribution in [0.4, 0.5) is 10.3 Å². The molecule has 0 aliphatic carbocycles. The fourth-order valence-electron chi connectivity index (χ4n) is 3.27. The number of nitrogens with two attached hydrogens (primary N) is 1. The highest BCUT2D eigenvalue weighted by atomic mass is 35.5. The second-order valence-electron chi connectivity index (χ2n) is 6.12. The number of anilines is 1. The van der Waals surface area contributed by atoms with Gasteiger partial charge in [0.2, 0.25) is 5.95 Å². The molecule has 0 radical (unpaired) electrons. The molecule has 0 spiro atoms. The van der Waals surface area contributed by atoms with Crippen molar-refractivity contribution in [2.24, 2.45) is 5.92 Å². The van der Waals surface area contributed by atoms with Crippen LogP contribution in [0, 0.1) is 5.92 Å². The molecule has 0 aromatic carbocycles. The van der Waals surface area contributed by atoms with Gasteiger partial charge in [-0.25, -0.2) is 9.37 Å². The number of rotatable bonds is 4. The summed E-state index contributed by atoms with van der Waals surface area (Å²) in [7, 11) is 0. The van der Waals surface area contributed by atoms with Crippen molar-refractivity contribution in [1.29, 1.82) is 0 Å². The minimum Gasteiger partial charge on any atom is -0.457 e. The SMILES string of the molecule is CC[C@@]1(CF)O[C@@H](n2cnc3c(Cl)nc(N)nc32)[C@H](OC(C)=O)[C@@H]1C. The van der Waals surface area contributed by atoms with Gasteiger partial charge in [-0.3, -0.25) is 9.36 Å². The molecule has 2 N–H and O–H groups in total. The summed E-state index contributed by atoms with van der Waals surface area (Å²) in [6.45, 7) is 4.22. The van der Waals surface area contributed by atoms with Gasteiger partial charge in [0.15, 0.2) is 23.1 Å². The number of halogens is 2. The van der Waals surface area contributed by atoms with Gasteiger partial charge in [0.1, 0.15) is 17.8 Å². The van der Waals surface area contributed by atoms with Gasteiger partial charge in [0, 0.05) is 12.8 Å². The van der Waals surface area contributed by atoms with E-state index in [1.54, 1.807) is 11.5 Å². The molecular weight excluding hydrogens is 353 g/mol. The number of hydrogen-bond donors (Lipinski definition) is 1. The second-order valence-corrected chi connectivity index (χ2v) is 6.48. The fraction of sp³-hybridized carbons (Fsp3) is 0.600. The molecule has 8 nitrogen and oxygen atoms in total. The standard InChI is InChI=1S/C15H19ClFN5O3/c1-4-15(5-17)7(2)10(24-8(3)23)13(25-15)22-6-19-9-11(16)20-14(18)21-12(9)22/h6-7,10,13H,4-5H2,1-3H3,(H2,18,20,21)/t7-,10+,13+,15-/m0/s1. The van der Waals surface area contributed by atoms with Crippen LogP contribution in [0.25, 0.3) is 11.2 Å². The quantitative estimate of drug-likeness (QED) is 0.649. The summed E-state index contributed by atoms with van der Waals surface area (Å²) in [4.78, 5) is 23.7. The number of ether oxygens (including phenoxy) is 2. The topological polar surface area (TPSA) is 105 Å². The van der Waals surface area contributed by atoms with E-state index < -0.39 is 30.6 Å². The summed E-state index contributed by atoms with van der Waals surface area (Å²) >= 11 is 6.05. The first-order chi connectivity index (χ1) is 11.8. The molecule has 4 atom stereocenters. The normalized spacial score (nSPS) is 29.2. The first-order valence-electron chi connectivity index (χ1n) is 7.89. The van der Waals surface area contributed by atoms with Crippen LogP contribution in [0.5, 0.6) is 0 Å². The van der Waals surface area contributed by atoms with E-state index in [9.17, 15) is 9.18 Å². The lowest BCUT2D eigenvalue weighted by molar-refractivity contribution is -0.154. The lowest BCUT2D eigenvalue weighted by Crippen LogP contribution is -2.39. The number of fused-ring (bicyclic) bond motifs is 1. The molecule has 3 heterocycles. The molecule has 1 fully saturated rings. The van der Waals surface area contributed by atoms with Gasteiger partial charge in [0.05, 0.1) is 6.33 Å². The summed E-state index contributed by atoms with van der Waals surface area (Å²) < 4.78 is 26.8. The van der Waals surface area contributed by atoms with Crippen molar-refractivity contribution in [3.63, 3.8) is 0 Å². The van der Waals surface area contributed by atoms with Crippen LogP contribution < -0.4 is 5.73 Å². The van der Waals surface area contributed by atoms with E-state index >= 15 is 0 Å². The van der Waals surface area contributed by atoms with E-state index in [0.29, 0.717) is 17.6 Å². The van der Waals surface area contributed by atoms with Crippen molar-refractivity contribution in [1.82, 2.24) is 19.5 Å². The molecule has 1 aliphatic heterocycles. The van der Waals surface area contributed by atoms with Gasteiger partial charge < -0.3 is 15.2 Å². The maximum absolute atomic E-state index is 13.8. The maximum atomic E-state index is 13.8. The Hall–Kier alpha value is -2.00. The Kier molecular flexibility index (Phi) is 4.54. The first-order valence-corrected chi connectivity index (χ1v) is 8.27. The Balaban J connectivity index is 2.12. The molecule has 0 amide bonds. The fourth-order valence-corrected chi connectivity index (χ4v) is 3.49. The molecule has 25 heavy (non-hydrogen) atoms. The molecule has 10 heteroatoms. The zero-order valence-electron chi connectivity index (χ0n) is 14.1. The summed E-state index contributed by atoms with van der Waals surface area (Å²) in [5.74, 6) is -0.877. The number of carbonyl (C=O) groups excluding carboxylic acids is 1. The van der Waals surface area contributed by atoms with Gasteiger partial charge >= 0.3 is 5.97 Å². The van der Waals surface area contributed by atoms with E-state index in [2.05, 4.69) is 15.0 Å². The van der Waals surface area contributed by atoms with Crippen LogP contribution in [0.3, 0.4) is 0 Å². The Morgan fingerprint density at radius 2 is 2.28 bits per heavy atom. The number of hydrogen-bond acceptors (Lipinski definition) is 7. The van der Waals surface area contributed by atoms with Crippen LogP contribution >= 0.6 is 11.6 Å². The maximum Gasteiger partial charge on any atom is 0.303 e. The average Bonchev–Trinajstić information content (AvgIpc) is 3.08. The third kappa shape index (κ3) is 2.81. The monoisotopic (exact) mass is 371 g/mol. The van der Waals surface area contributed by atoms with Crippen LogP contribution in [0.1, 0.15) is 33.4 Å². The molecule has 2 aromatic heterocycles. The minimum atomic E-state index is -1.07.